The van der Waals surface area contributed by atoms with Crippen LogP contribution in [0.25, 0.3) is 0 Å². The van der Waals surface area contributed by atoms with Crippen molar-refractivity contribution >= 4 is 23.3 Å². The predicted octanol–water partition coefficient (Wildman–Crippen LogP) is 1.95. The summed E-state index contributed by atoms with van der Waals surface area (Å²) in [5.74, 6) is 0.872. The highest BCUT2D eigenvalue weighted by Crippen LogP contribution is 2.30. The van der Waals surface area contributed by atoms with E-state index in [1.54, 1.807) is 38.1 Å². The van der Waals surface area contributed by atoms with Crippen molar-refractivity contribution < 1.29 is 18.8 Å². The standard InChI is InChI=1S/C14H13N3O4/c1-7-5-12(17-21-7)16-14(19)9-3-4-10-11(6-9)20-8(2)13(18)15-10/h3-6,8H,1-2H3,(H,15,18)(H,16,17,19). The van der Waals surface area contributed by atoms with Gasteiger partial charge in [0.2, 0.25) is 0 Å². The molecular weight excluding hydrogens is 274 g/mol. The van der Waals surface area contributed by atoms with E-state index in [0.717, 1.165) is 0 Å². The van der Waals surface area contributed by atoms with Gasteiger partial charge >= 0.3 is 0 Å². The molecule has 2 N–H and O–H groups in total. The number of carbonyl (C=O) groups is 2. The molecule has 7 nitrogen and oxygen atoms in total. The molecule has 2 aromatic rings. The molecule has 0 radical (unpaired) electrons. The number of aryl methyl sites for hydroxylation is 1. The minimum Gasteiger partial charge on any atom is -0.479 e. The quantitative estimate of drug-likeness (QED) is 0.880. The van der Waals surface area contributed by atoms with E-state index >= 15 is 0 Å². The Morgan fingerprint density at radius 1 is 1.38 bits per heavy atom. The number of aromatic nitrogens is 1. The highest BCUT2D eigenvalue weighted by atomic mass is 16.5. The van der Waals surface area contributed by atoms with Crippen molar-refractivity contribution in [3.8, 4) is 5.75 Å². The average molecular weight is 287 g/mol. The fourth-order valence-corrected chi connectivity index (χ4v) is 1.96. The lowest BCUT2D eigenvalue weighted by Crippen LogP contribution is -2.34. The van der Waals surface area contributed by atoms with Crippen LogP contribution in [0.4, 0.5) is 11.5 Å². The van der Waals surface area contributed by atoms with Gasteiger partial charge in [-0.2, -0.15) is 0 Å². The zero-order chi connectivity index (χ0) is 15.0. The third-order valence-corrected chi connectivity index (χ3v) is 3.04. The number of carbonyl (C=O) groups excluding carboxylic acids is 2. The molecule has 108 valence electrons. The summed E-state index contributed by atoms with van der Waals surface area (Å²) in [4.78, 5) is 23.6. The van der Waals surface area contributed by atoms with E-state index in [2.05, 4.69) is 15.8 Å². The zero-order valence-corrected chi connectivity index (χ0v) is 11.5. The van der Waals surface area contributed by atoms with Gasteiger partial charge in [-0.15, -0.1) is 0 Å². The molecule has 7 heteroatoms. The monoisotopic (exact) mass is 287 g/mol. The SMILES string of the molecule is Cc1cc(NC(=O)c2ccc3c(c2)OC(C)C(=O)N3)no1. The first-order valence-electron chi connectivity index (χ1n) is 6.39. The number of amides is 2. The molecular formula is C14H13N3O4. The Morgan fingerprint density at radius 3 is 2.90 bits per heavy atom. The number of nitrogens with zero attached hydrogens (tertiary/aromatic N) is 1. The molecule has 0 bridgehead atoms. The van der Waals surface area contributed by atoms with Crippen LogP contribution in [0.5, 0.6) is 5.75 Å². The van der Waals surface area contributed by atoms with Crippen molar-refractivity contribution in [1.29, 1.82) is 0 Å². The molecule has 21 heavy (non-hydrogen) atoms. The van der Waals surface area contributed by atoms with Crippen molar-refractivity contribution in [2.45, 2.75) is 20.0 Å². The normalized spacial score (nSPS) is 16.7. The van der Waals surface area contributed by atoms with Crippen molar-refractivity contribution in [3.63, 3.8) is 0 Å². The fourth-order valence-electron chi connectivity index (χ4n) is 1.96. The van der Waals surface area contributed by atoms with Crippen LogP contribution in [0.1, 0.15) is 23.0 Å². The van der Waals surface area contributed by atoms with Gasteiger partial charge in [-0.1, -0.05) is 5.16 Å². The third-order valence-electron chi connectivity index (χ3n) is 3.04. The molecule has 2 amide bonds. The van der Waals surface area contributed by atoms with Crippen LogP contribution in [-0.2, 0) is 4.79 Å². The maximum atomic E-state index is 12.1. The molecule has 3 rings (SSSR count). The summed E-state index contributed by atoms with van der Waals surface area (Å²) in [6, 6.07) is 6.42. The lowest BCUT2D eigenvalue weighted by molar-refractivity contribution is -0.122. The number of nitrogens with one attached hydrogen (secondary N) is 2. The van der Waals surface area contributed by atoms with Crippen LogP contribution in [0.3, 0.4) is 0 Å². The van der Waals surface area contributed by atoms with Gasteiger partial charge < -0.3 is 19.9 Å². The maximum Gasteiger partial charge on any atom is 0.265 e. The summed E-state index contributed by atoms with van der Waals surface area (Å²) in [6.45, 7) is 3.38. The molecule has 0 spiro atoms. The Hall–Kier alpha value is -2.83. The molecule has 0 fully saturated rings. The predicted molar refractivity (Wildman–Crippen MR) is 74.4 cm³/mol. The number of anilines is 2. The van der Waals surface area contributed by atoms with Gasteiger partial charge in [0.15, 0.2) is 11.9 Å². The van der Waals surface area contributed by atoms with E-state index in [9.17, 15) is 9.59 Å². The Balaban J connectivity index is 1.82. The number of benzene rings is 1. The Labute approximate surface area is 120 Å². The first-order chi connectivity index (χ1) is 10.0. The van der Waals surface area contributed by atoms with E-state index < -0.39 is 6.10 Å². The topological polar surface area (TPSA) is 93.5 Å². The van der Waals surface area contributed by atoms with Crippen molar-refractivity contribution in [2.24, 2.45) is 0 Å². The van der Waals surface area contributed by atoms with Gasteiger partial charge in [0, 0.05) is 11.6 Å². The second-order valence-corrected chi connectivity index (χ2v) is 4.74. The molecule has 0 aliphatic carbocycles. The van der Waals surface area contributed by atoms with Gasteiger partial charge in [0.25, 0.3) is 11.8 Å². The minimum atomic E-state index is -0.589. The fraction of sp³-hybridized carbons (Fsp3) is 0.214. The third kappa shape index (κ3) is 2.58. The molecule has 1 aliphatic rings. The summed E-state index contributed by atoms with van der Waals surface area (Å²) in [5, 5.41) is 9.02. The smallest absolute Gasteiger partial charge is 0.265 e. The van der Waals surface area contributed by atoms with E-state index in [1.165, 1.54) is 0 Å². The zero-order valence-electron chi connectivity index (χ0n) is 11.5. The van der Waals surface area contributed by atoms with E-state index in [0.29, 0.717) is 28.6 Å². The number of fused-ring (bicyclic) bond motifs is 1. The summed E-state index contributed by atoms with van der Waals surface area (Å²) < 4.78 is 10.3. The lowest BCUT2D eigenvalue weighted by atomic mass is 10.1. The molecule has 1 atom stereocenters. The molecule has 0 saturated heterocycles. The Kier molecular flexibility index (Phi) is 3.09. The number of ether oxygens (including phenoxy) is 1. The van der Waals surface area contributed by atoms with Crippen LogP contribution >= 0.6 is 0 Å². The van der Waals surface area contributed by atoms with Gasteiger partial charge in [-0.3, -0.25) is 9.59 Å². The number of hydrogen-bond acceptors (Lipinski definition) is 5. The van der Waals surface area contributed by atoms with Crippen molar-refractivity contribution in [1.82, 2.24) is 5.16 Å². The van der Waals surface area contributed by atoms with E-state index in [-0.39, 0.29) is 11.8 Å². The highest BCUT2D eigenvalue weighted by molar-refractivity contribution is 6.05. The highest BCUT2D eigenvalue weighted by Gasteiger charge is 2.24. The summed E-state index contributed by atoms with van der Waals surface area (Å²) in [6.07, 6.45) is -0.589. The van der Waals surface area contributed by atoms with Gasteiger partial charge in [0.05, 0.1) is 5.69 Å². The molecule has 2 heterocycles. The summed E-state index contributed by atoms with van der Waals surface area (Å²) >= 11 is 0. The second-order valence-electron chi connectivity index (χ2n) is 4.74. The van der Waals surface area contributed by atoms with Gasteiger partial charge in [-0.05, 0) is 32.0 Å². The molecule has 0 saturated carbocycles. The first kappa shape index (κ1) is 13.2. The molecule has 1 aromatic heterocycles. The Morgan fingerprint density at radius 2 is 2.19 bits per heavy atom. The Bertz CT molecular complexity index is 723. The van der Waals surface area contributed by atoms with Gasteiger partial charge in [-0.25, -0.2) is 0 Å². The maximum absolute atomic E-state index is 12.1. The lowest BCUT2D eigenvalue weighted by Gasteiger charge is -2.23. The molecule has 1 unspecified atom stereocenters. The number of rotatable bonds is 2. The van der Waals surface area contributed by atoms with Crippen LogP contribution in [0.2, 0.25) is 0 Å². The van der Waals surface area contributed by atoms with Crippen molar-refractivity contribution in [3.05, 3.63) is 35.6 Å². The van der Waals surface area contributed by atoms with E-state index in [4.69, 9.17) is 9.26 Å². The summed E-state index contributed by atoms with van der Waals surface area (Å²) in [7, 11) is 0. The van der Waals surface area contributed by atoms with Crippen LogP contribution in [0, 0.1) is 6.92 Å². The van der Waals surface area contributed by atoms with Crippen molar-refractivity contribution in [2.75, 3.05) is 10.6 Å². The van der Waals surface area contributed by atoms with Gasteiger partial charge in [0.1, 0.15) is 11.5 Å². The van der Waals surface area contributed by atoms with E-state index in [1.807, 2.05) is 0 Å². The van der Waals surface area contributed by atoms with Crippen LogP contribution in [0.15, 0.2) is 28.8 Å². The average Bonchev–Trinajstić information content (AvgIpc) is 2.85. The molecule has 1 aromatic carbocycles. The van der Waals surface area contributed by atoms with Crippen LogP contribution < -0.4 is 15.4 Å². The van der Waals surface area contributed by atoms with Crippen LogP contribution in [-0.4, -0.2) is 23.1 Å². The second kappa shape index (κ2) is 4.93. The number of hydrogen-bond donors (Lipinski definition) is 2. The first-order valence-corrected chi connectivity index (χ1v) is 6.39. The molecule has 1 aliphatic heterocycles. The largest absolute Gasteiger partial charge is 0.479 e. The minimum absolute atomic E-state index is 0.210. The summed E-state index contributed by atoms with van der Waals surface area (Å²) in [5.41, 5.74) is 0.949.